The lowest BCUT2D eigenvalue weighted by Gasteiger charge is -2.19. The number of nitrogens with one attached hydrogen (secondary N) is 1. The predicted molar refractivity (Wildman–Crippen MR) is 118 cm³/mol. The first-order valence-electron chi connectivity index (χ1n) is 9.82. The zero-order chi connectivity index (χ0) is 21.8. The van der Waals surface area contributed by atoms with Gasteiger partial charge in [0.1, 0.15) is 23.2 Å². The first-order valence-corrected chi connectivity index (χ1v) is 10.8. The molecule has 0 fully saturated rings. The van der Waals surface area contributed by atoms with Crippen LogP contribution in [0.25, 0.3) is 11.2 Å². The number of hydrogen-bond acceptors (Lipinski definition) is 4. The Morgan fingerprint density at radius 3 is 2.61 bits per heavy atom. The van der Waals surface area contributed by atoms with Crippen LogP contribution < -0.4 is 5.32 Å². The van der Waals surface area contributed by atoms with Crippen LogP contribution in [0.15, 0.2) is 72.0 Å². The van der Waals surface area contributed by atoms with Crippen molar-refractivity contribution in [2.24, 2.45) is 0 Å². The van der Waals surface area contributed by atoms with Crippen molar-refractivity contribution in [1.29, 1.82) is 0 Å². The average molecular weight is 439 g/mol. The van der Waals surface area contributed by atoms with E-state index in [4.69, 9.17) is 0 Å². The topological polar surface area (TPSA) is 59.8 Å². The van der Waals surface area contributed by atoms with Gasteiger partial charge in [-0.05, 0) is 48.4 Å². The van der Waals surface area contributed by atoms with E-state index in [0.717, 1.165) is 5.56 Å². The van der Waals surface area contributed by atoms with Crippen molar-refractivity contribution in [1.82, 2.24) is 14.5 Å². The molecule has 1 unspecified atom stereocenters. The number of amides is 1. The van der Waals surface area contributed by atoms with Crippen molar-refractivity contribution >= 4 is 34.5 Å². The van der Waals surface area contributed by atoms with Gasteiger partial charge in [-0.25, -0.2) is 18.7 Å². The summed E-state index contributed by atoms with van der Waals surface area (Å²) in [6.45, 7) is 1.88. The van der Waals surface area contributed by atoms with Crippen LogP contribution in [0, 0.1) is 11.6 Å². The minimum absolute atomic E-state index is 0.129. The number of benzene rings is 2. The SMILES string of the molecule is CCC(C(=O)Nc1ccccc1F)n1c(SCc2ccc(F)cc2)nc2cccnc21. The van der Waals surface area contributed by atoms with Crippen LogP contribution in [0.3, 0.4) is 0 Å². The summed E-state index contributed by atoms with van der Waals surface area (Å²) >= 11 is 1.44. The lowest BCUT2D eigenvalue weighted by atomic mass is 10.2. The molecule has 0 bridgehead atoms. The van der Waals surface area contributed by atoms with E-state index in [2.05, 4.69) is 15.3 Å². The maximum atomic E-state index is 14.1. The van der Waals surface area contributed by atoms with Crippen molar-refractivity contribution in [3.05, 3.63) is 84.1 Å². The molecule has 0 spiro atoms. The number of aromatic nitrogens is 3. The number of thioether (sulfide) groups is 1. The lowest BCUT2D eigenvalue weighted by Crippen LogP contribution is -2.26. The largest absolute Gasteiger partial charge is 0.322 e. The van der Waals surface area contributed by atoms with Crippen molar-refractivity contribution < 1.29 is 13.6 Å². The second kappa shape index (κ2) is 9.26. The normalized spacial score (nSPS) is 12.1. The number of imidazole rings is 1. The van der Waals surface area contributed by atoms with Crippen molar-refractivity contribution in [3.8, 4) is 0 Å². The summed E-state index contributed by atoms with van der Waals surface area (Å²) in [7, 11) is 0. The van der Waals surface area contributed by atoms with Gasteiger partial charge in [0, 0.05) is 11.9 Å². The van der Waals surface area contributed by atoms with E-state index in [1.165, 1.54) is 36.0 Å². The van der Waals surface area contributed by atoms with Gasteiger partial charge < -0.3 is 5.32 Å². The van der Waals surface area contributed by atoms with Crippen LogP contribution in [0.4, 0.5) is 14.5 Å². The van der Waals surface area contributed by atoms with Gasteiger partial charge in [-0.3, -0.25) is 9.36 Å². The van der Waals surface area contributed by atoms with Gasteiger partial charge in [0.25, 0.3) is 0 Å². The monoisotopic (exact) mass is 438 g/mol. The van der Waals surface area contributed by atoms with E-state index in [0.29, 0.717) is 28.5 Å². The van der Waals surface area contributed by atoms with Crippen LogP contribution in [0.5, 0.6) is 0 Å². The van der Waals surface area contributed by atoms with Crippen LogP contribution in [-0.2, 0) is 10.5 Å². The molecule has 5 nitrogen and oxygen atoms in total. The van der Waals surface area contributed by atoms with Gasteiger partial charge in [0.2, 0.25) is 5.91 Å². The van der Waals surface area contributed by atoms with E-state index in [9.17, 15) is 13.6 Å². The van der Waals surface area contributed by atoms with E-state index < -0.39 is 11.9 Å². The minimum atomic E-state index is -0.629. The second-order valence-electron chi connectivity index (χ2n) is 6.92. The molecule has 4 aromatic rings. The molecule has 0 aliphatic rings. The molecule has 1 atom stereocenters. The number of halogens is 2. The molecule has 4 rings (SSSR count). The molecule has 2 heterocycles. The van der Waals surface area contributed by atoms with Crippen molar-refractivity contribution in [2.75, 3.05) is 5.32 Å². The molecular formula is C23H20F2N4OS. The summed E-state index contributed by atoms with van der Waals surface area (Å²) in [5.74, 6) is -0.581. The standard InChI is InChI=1S/C23H20F2N4OS/c1-2-20(22(30)27-18-7-4-3-6-17(18)25)29-21-19(8-5-13-26-21)28-23(29)31-14-15-9-11-16(24)12-10-15/h3-13,20H,2,14H2,1H3,(H,27,30). The minimum Gasteiger partial charge on any atom is -0.322 e. The summed E-state index contributed by atoms with van der Waals surface area (Å²) in [6, 6.07) is 15.3. The molecule has 0 saturated carbocycles. The summed E-state index contributed by atoms with van der Waals surface area (Å²) < 4.78 is 29.0. The van der Waals surface area contributed by atoms with Crippen LogP contribution in [0.2, 0.25) is 0 Å². The van der Waals surface area contributed by atoms with Gasteiger partial charge in [-0.2, -0.15) is 0 Å². The summed E-state index contributed by atoms with van der Waals surface area (Å²) in [6.07, 6.45) is 2.11. The third kappa shape index (κ3) is 4.59. The maximum Gasteiger partial charge on any atom is 0.247 e. The summed E-state index contributed by atoms with van der Waals surface area (Å²) in [5.41, 5.74) is 2.31. The molecule has 8 heteroatoms. The van der Waals surface area contributed by atoms with Gasteiger partial charge in [-0.1, -0.05) is 43.0 Å². The van der Waals surface area contributed by atoms with Crippen LogP contribution >= 0.6 is 11.8 Å². The van der Waals surface area contributed by atoms with Gasteiger partial charge in [0.15, 0.2) is 10.8 Å². The Bertz CT molecular complexity index is 1210. The molecule has 0 aliphatic carbocycles. The highest BCUT2D eigenvalue weighted by atomic mass is 32.2. The number of para-hydroxylation sites is 1. The van der Waals surface area contributed by atoms with Crippen molar-refractivity contribution in [3.63, 3.8) is 0 Å². The number of anilines is 1. The van der Waals surface area contributed by atoms with Crippen molar-refractivity contribution in [2.45, 2.75) is 30.3 Å². The number of carbonyl (C=O) groups is 1. The molecule has 0 aliphatic heterocycles. The van der Waals surface area contributed by atoms with Crippen LogP contribution in [0.1, 0.15) is 24.9 Å². The Balaban J connectivity index is 1.66. The smallest absolute Gasteiger partial charge is 0.247 e. The maximum absolute atomic E-state index is 14.1. The Hall–Kier alpha value is -3.26. The Labute approximate surface area is 182 Å². The number of fused-ring (bicyclic) bond motifs is 1. The zero-order valence-corrected chi connectivity index (χ0v) is 17.6. The molecule has 1 amide bonds. The van der Waals surface area contributed by atoms with Gasteiger partial charge in [-0.15, -0.1) is 0 Å². The molecule has 2 aromatic carbocycles. The number of carbonyl (C=O) groups excluding carboxylic acids is 1. The number of pyridine rings is 1. The fourth-order valence-electron chi connectivity index (χ4n) is 3.28. The highest BCUT2D eigenvalue weighted by molar-refractivity contribution is 7.98. The first kappa shape index (κ1) is 21.0. The van der Waals surface area contributed by atoms with E-state index in [1.54, 1.807) is 41.1 Å². The quantitative estimate of drug-likeness (QED) is 0.382. The number of hydrogen-bond donors (Lipinski definition) is 1. The predicted octanol–water partition coefficient (Wildman–Crippen LogP) is 5.59. The second-order valence-corrected chi connectivity index (χ2v) is 7.86. The molecule has 1 N–H and O–H groups in total. The third-order valence-corrected chi connectivity index (χ3v) is 5.85. The number of rotatable bonds is 7. The molecule has 0 radical (unpaired) electrons. The van der Waals surface area contributed by atoms with Gasteiger partial charge in [0.05, 0.1) is 5.69 Å². The zero-order valence-electron chi connectivity index (χ0n) is 16.8. The lowest BCUT2D eigenvalue weighted by molar-refractivity contribution is -0.119. The Morgan fingerprint density at radius 1 is 1.10 bits per heavy atom. The third-order valence-electron chi connectivity index (χ3n) is 4.83. The van der Waals surface area contributed by atoms with E-state index in [1.807, 2.05) is 13.0 Å². The first-order chi connectivity index (χ1) is 15.1. The summed E-state index contributed by atoms with van der Waals surface area (Å²) in [4.78, 5) is 22.2. The average Bonchev–Trinajstić information content (AvgIpc) is 3.14. The fraction of sp³-hybridized carbons (Fsp3) is 0.174. The van der Waals surface area contributed by atoms with Gasteiger partial charge >= 0.3 is 0 Å². The van der Waals surface area contributed by atoms with Crippen LogP contribution in [-0.4, -0.2) is 20.4 Å². The Kier molecular flexibility index (Phi) is 6.27. The summed E-state index contributed by atoms with van der Waals surface area (Å²) in [5, 5.41) is 3.30. The molecule has 31 heavy (non-hydrogen) atoms. The highest BCUT2D eigenvalue weighted by Crippen LogP contribution is 2.31. The number of nitrogens with zero attached hydrogens (tertiary/aromatic N) is 3. The van der Waals surface area contributed by atoms with E-state index in [-0.39, 0.29) is 17.4 Å². The fourth-order valence-corrected chi connectivity index (χ4v) is 4.29. The molecule has 158 valence electrons. The van der Waals surface area contributed by atoms with E-state index >= 15 is 0 Å². The molecule has 0 saturated heterocycles. The molecular weight excluding hydrogens is 418 g/mol. The Morgan fingerprint density at radius 2 is 1.87 bits per heavy atom. The molecule has 2 aromatic heterocycles. The highest BCUT2D eigenvalue weighted by Gasteiger charge is 2.26.